The van der Waals surface area contributed by atoms with Crippen LogP contribution in [-0.2, 0) is 29.1 Å². The second-order valence-electron chi connectivity index (χ2n) is 10.4. The smallest absolute Gasteiger partial charge is 0.334 e. The van der Waals surface area contributed by atoms with Gasteiger partial charge in [-0.05, 0) is 35.4 Å². The summed E-state index contributed by atoms with van der Waals surface area (Å²) in [7, 11) is 0. The number of urea groups is 1. The number of fused-ring (bicyclic) bond motifs is 1. The van der Waals surface area contributed by atoms with Crippen LogP contribution >= 0.6 is 0 Å². The van der Waals surface area contributed by atoms with E-state index in [0.29, 0.717) is 5.69 Å². The molecule has 4 N–H and O–H groups in total. The van der Waals surface area contributed by atoms with Gasteiger partial charge in [-0.3, -0.25) is 14.4 Å². The summed E-state index contributed by atoms with van der Waals surface area (Å²) in [6.45, 7) is 4.21. The van der Waals surface area contributed by atoms with Crippen molar-refractivity contribution < 1.29 is 24.3 Å². The van der Waals surface area contributed by atoms with Crippen LogP contribution in [0.2, 0.25) is 0 Å². The Kier molecular flexibility index (Phi) is 8.67. The molecule has 5 rings (SSSR count). The van der Waals surface area contributed by atoms with E-state index in [1.165, 1.54) is 28.1 Å². The van der Waals surface area contributed by atoms with Gasteiger partial charge in [0.2, 0.25) is 11.8 Å². The summed E-state index contributed by atoms with van der Waals surface area (Å²) in [5.41, 5.74) is 7.56. The van der Waals surface area contributed by atoms with E-state index >= 15 is 0 Å². The van der Waals surface area contributed by atoms with E-state index in [-0.39, 0.29) is 62.4 Å². The van der Waals surface area contributed by atoms with Crippen molar-refractivity contribution in [3.63, 3.8) is 0 Å². The number of nitrogens with zero attached hydrogens (tertiary/aromatic N) is 5. The molecule has 2 atom stereocenters. The summed E-state index contributed by atoms with van der Waals surface area (Å²) in [5, 5.41) is 15.8. The number of aromatic hydroxyl groups is 1. The van der Waals surface area contributed by atoms with Crippen LogP contribution in [-0.4, -0.2) is 85.5 Å². The van der Waals surface area contributed by atoms with Gasteiger partial charge in [-0.2, -0.15) is 0 Å². The molecule has 2 aromatic carbocycles. The van der Waals surface area contributed by atoms with Crippen LogP contribution in [0.4, 0.5) is 4.79 Å². The summed E-state index contributed by atoms with van der Waals surface area (Å²) in [5.74, 6) is -1.24. The Hall–Kier alpha value is -5.23. The predicted octanol–water partition coefficient (Wildman–Crippen LogP) is 1.62. The largest absolute Gasteiger partial charge is 0.508 e. The van der Waals surface area contributed by atoms with Gasteiger partial charge in [-0.15, -0.1) is 6.58 Å². The van der Waals surface area contributed by atoms with Crippen LogP contribution in [0.15, 0.2) is 85.5 Å². The third-order valence-electron chi connectivity index (χ3n) is 7.44. The van der Waals surface area contributed by atoms with Crippen molar-refractivity contribution in [1.29, 1.82) is 0 Å². The topological polar surface area (TPSA) is 152 Å². The van der Waals surface area contributed by atoms with Crippen LogP contribution in [0, 0.1) is 0 Å². The molecule has 1 aromatic heterocycles. The molecule has 3 aromatic rings. The molecule has 1 unspecified atom stereocenters. The third kappa shape index (κ3) is 6.49. The molecule has 0 saturated carbocycles. The minimum absolute atomic E-state index is 0.00549. The number of phenolic OH excluding ortho intramolecular Hbond substituents is 1. The monoisotopic (exact) mass is 583 g/mol. The molecule has 0 bridgehead atoms. The van der Waals surface area contributed by atoms with E-state index in [1.807, 2.05) is 30.3 Å². The molecule has 5 amide bonds. The molecule has 2 fully saturated rings. The summed E-state index contributed by atoms with van der Waals surface area (Å²) < 4.78 is 0. The molecule has 2 saturated heterocycles. The number of rotatable bonds is 9. The van der Waals surface area contributed by atoms with Crippen molar-refractivity contribution in [2.45, 2.75) is 31.7 Å². The van der Waals surface area contributed by atoms with E-state index in [4.69, 9.17) is 5.73 Å². The number of nitrogens with one attached hydrogen (secondary N) is 1. The molecule has 3 heterocycles. The van der Waals surface area contributed by atoms with Crippen molar-refractivity contribution in [3.05, 3.63) is 108 Å². The maximum atomic E-state index is 14.0. The van der Waals surface area contributed by atoms with Crippen molar-refractivity contribution in [3.8, 4) is 5.75 Å². The van der Waals surface area contributed by atoms with Crippen LogP contribution in [0.5, 0.6) is 5.75 Å². The number of piperazine rings is 1. The Morgan fingerprint density at radius 1 is 1.02 bits per heavy atom. The van der Waals surface area contributed by atoms with E-state index < -0.39 is 24.1 Å². The molecule has 222 valence electrons. The van der Waals surface area contributed by atoms with Gasteiger partial charge in [0, 0.05) is 19.5 Å². The average Bonchev–Trinajstić information content (AvgIpc) is 3.00. The van der Waals surface area contributed by atoms with Gasteiger partial charge >= 0.3 is 6.03 Å². The third-order valence-corrected chi connectivity index (χ3v) is 7.44. The van der Waals surface area contributed by atoms with Crippen LogP contribution in [0.25, 0.3) is 0 Å². The number of amides is 5. The fourth-order valence-corrected chi connectivity index (χ4v) is 5.45. The number of pyridine rings is 1. The zero-order valence-corrected chi connectivity index (χ0v) is 23.5. The first-order valence-corrected chi connectivity index (χ1v) is 13.9. The van der Waals surface area contributed by atoms with Crippen molar-refractivity contribution in [1.82, 2.24) is 30.1 Å². The number of carbonyl (C=O) groups is 4. The Morgan fingerprint density at radius 3 is 2.47 bits per heavy atom. The predicted molar refractivity (Wildman–Crippen MR) is 157 cm³/mol. The first-order valence-electron chi connectivity index (χ1n) is 13.9. The van der Waals surface area contributed by atoms with Crippen LogP contribution in [0.3, 0.4) is 0 Å². The number of nitrogens with two attached hydrogens (primary N) is 1. The Balaban J connectivity index is 1.50. The molecule has 0 aliphatic carbocycles. The van der Waals surface area contributed by atoms with Crippen LogP contribution in [0.1, 0.15) is 27.3 Å². The lowest BCUT2D eigenvalue weighted by molar-refractivity contribution is -0.189. The first-order chi connectivity index (χ1) is 20.7. The molecule has 12 nitrogen and oxygen atoms in total. The minimum atomic E-state index is -0.939. The number of aromatic nitrogens is 1. The second kappa shape index (κ2) is 12.7. The SMILES string of the molecule is C=CCN1CC(=O)N2C(Cc3ccc(O)cc3)C(=O)N(Cc3cccc(C(N)=O)n3)C[C@@H]2N1C(=O)NCc1ccccc1. The Labute approximate surface area is 249 Å². The summed E-state index contributed by atoms with van der Waals surface area (Å²) >= 11 is 0. The number of hydrazine groups is 1. The van der Waals surface area contributed by atoms with Gasteiger partial charge in [0.05, 0.1) is 25.3 Å². The summed E-state index contributed by atoms with van der Waals surface area (Å²) in [4.78, 5) is 60.6. The zero-order chi connectivity index (χ0) is 30.5. The molecule has 12 heteroatoms. The van der Waals surface area contributed by atoms with Crippen molar-refractivity contribution in [2.75, 3.05) is 19.6 Å². The van der Waals surface area contributed by atoms with E-state index in [1.54, 1.807) is 40.3 Å². The van der Waals surface area contributed by atoms with Gasteiger partial charge in [0.25, 0.3) is 5.91 Å². The molecule has 2 aliphatic rings. The van der Waals surface area contributed by atoms with E-state index in [9.17, 15) is 24.3 Å². The maximum absolute atomic E-state index is 14.0. The highest BCUT2D eigenvalue weighted by atomic mass is 16.3. The van der Waals surface area contributed by atoms with Crippen molar-refractivity contribution in [2.24, 2.45) is 5.73 Å². The summed E-state index contributed by atoms with van der Waals surface area (Å²) in [6, 6.07) is 19.3. The fraction of sp³-hybridized carbons (Fsp3) is 0.258. The van der Waals surface area contributed by atoms with E-state index in [0.717, 1.165) is 11.1 Å². The molecular formula is C31H33N7O5. The lowest BCUT2D eigenvalue weighted by Gasteiger charge is -2.55. The molecule has 0 radical (unpaired) electrons. The number of carbonyl (C=O) groups excluding carboxylic acids is 4. The lowest BCUT2D eigenvalue weighted by Crippen LogP contribution is -2.76. The fourth-order valence-electron chi connectivity index (χ4n) is 5.45. The number of benzene rings is 2. The highest BCUT2D eigenvalue weighted by Crippen LogP contribution is 2.29. The lowest BCUT2D eigenvalue weighted by atomic mass is 9.98. The molecule has 43 heavy (non-hydrogen) atoms. The zero-order valence-electron chi connectivity index (χ0n) is 23.5. The van der Waals surface area contributed by atoms with Gasteiger partial charge in [0.1, 0.15) is 23.7 Å². The summed E-state index contributed by atoms with van der Waals surface area (Å²) in [6.07, 6.45) is 0.934. The van der Waals surface area contributed by atoms with Crippen LogP contribution < -0.4 is 11.1 Å². The van der Waals surface area contributed by atoms with E-state index in [2.05, 4.69) is 16.9 Å². The number of primary amides is 1. The average molecular weight is 584 g/mol. The van der Waals surface area contributed by atoms with Gasteiger partial charge in [-0.1, -0.05) is 54.6 Å². The van der Waals surface area contributed by atoms with Gasteiger partial charge in [-0.25, -0.2) is 19.8 Å². The first kappa shape index (κ1) is 29.3. The molecular weight excluding hydrogens is 550 g/mol. The maximum Gasteiger partial charge on any atom is 0.334 e. The Morgan fingerprint density at radius 2 is 1.77 bits per heavy atom. The quantitative estimate of drug-likeness (QED) is 0.324. The number of phenols is 1. The molecule has 2 aliphatic heterocycles. The minimum Gasteiger partial charge on any atom is -0.508 e. The number of hydrogen-bond donors (Lipinski definition) is 3. The molecule has 0 spiro atoms. The van der Waals surface area contributed by atoms with Gasteiger partial charge in [0.15, 0.2) is 0 Å². The normalized spacial score (nSPS) is 18.7. The van der Waals surface area contributed by atoms with Gasteiger partial charge < -0.3 is 26.0 Å². The number of hydrogen-bond acceptors (Lipinski definition) is 7. The second-order valence-corrected chi connectivity index (χ2v) is 10.4. The Bertz CT molecular complexity index is 1510. The highest BCUT2D eigenvalue weighted by molar-refractivity contribution is 5.92. The standard InChI is InChI=1S/C31H33N7O5/c1-2-15-36-20-28(40)37-26(16-21-11-13-24(39)14-12-21)30(42)35(18-23-9-6-10-25(34-23)29(32)41)19-27(37)38(36)31(43)33-17-22-7-4-3-5-8-22/h2-14,26-27,39H,1,15-20H2,(H2,32,41)(H,33,43)/t26?,27-/m0/s1. The highest BCUT2D eigenvalue weighted by Gasteiger charge is 2.51. The van der Waals surface area contributed by atoms with Crippen molar-refractivity contribution >= 4 is 23.8 Å².